The van der Waals surface area contributed by atoms with Crippen molar-refractivity contribution in [3.63, 3.8) is 0 Å². The first-order chi connectivity index (χ1) is 9.19. The van der Waals surface area contributed by atoms with Crippen molar-refractivity contribution >= 4 is 23.2 Å². The van der Waals surface area contributed by atoms with Crippen LogP contribution in [0.15, 0.2) is 42.5 Å². The van der Waals surface area contributed by atoms with Crippen LogP contribution < -0.4 is 10.1 Å². The van der Waals surface area contributed by atoms with Gasteiger partial charge in [0.15, 0.2) is 0 Å². The van der Waals surface area contributed by atoms with Gasteiger partial charge in [0.25, 0.3) is 0 Å². The van der Waals surface area contributed by atoms with Crippen molar-refractivity contribution in [1.29, 1.82) is 0 Å². The van der Waals surface area contributed by atoms with Crippen LogP contribution in [0, 0.1) is 0 Å². The van der Waals surface area contributed by atoms with Gasteiger partial charge in [-0.25, -0.2) is 0 Å². The van der Waals surface area contributed by atoms with Gasteiger partial charge in [-0.1, -0.05) is 41.4 Å². The molecular formula is C15H15Cl2NO. The molecule has 0 aliphatic heterocycles. The van der Waals surface area contributed by atoms with E-state index in [0.29, 0.717) is 10.8 Å². The topological polar surface area (TPSA) is 21.3 Å². The van der Waals surface area contributed by atoms with Crippen LogP contribution in [0.25, 0.3) is 0 Å². The van der Waals surface area contributed by atoms with E-state index >= 15 is 0 Å². The Morgan fingerprint density at radius 3 is 2.37 bits per heavy atom. The lowest BCUT2D eigenvalue weighted by atomic mass is 10.2. The van der Waals surface area contributed by atoms with Gasteiger partial charge in [-0.3, -0.25) is 0 Å². The van der Waals surface area contributed by atoms with Crippen LogP contribution in [0.2, 0.25) is 10.0 Å². The van der Waals surface area contributed by atoms with Crippen molar-refractivity contribution in [2.45, 2.75) is 13.1 Å². The summed E-state index contributed by atoms with van der Waals surface area (Å²) in [5.41, 5.74) is 2.28. The molecule has 0 unspecified atom stereocenters. The number of hydrogen-bond donors (Lipinski definition) is 1. The lowest BCUT2D eigenvalue weighted by molar-refractivity contribution is 0.415. The fraction of sp³-hybridized carbons (Fsp3) is 0.200. The lowest BCUT2D eigenvalue weighted by Crippen LogP contribution is -2.12. The maximum absolute atomic E-state index is 6.08. The summed E-state index contributed by atoms with van der Waals surface area (Å²) in [5.74, 6) is 0.695. The first kappa shape index (κ1) is 14.2. The van der Waals surface area contributed by atoms with Gasteiger partial charge in [0, 0.05) is 18.1 Å². The molecule has 0 spiro atoms. The van der Waals surface area contributed by atoms with Crippen molar-refractivity contribution in [2.75, 3.05) is 7.11 Å². The Morgan fingerprint density at radius 1 is 1.00 bits per heavy atom. The van der Waals surface area contributed by atoms with E-state index in [4.69, 9.17) is 27.9 Å². The van der Waals surface area contributed by atoms with Crippen molar-refractivity contribution in [3.05, 3.63) is 63.6 Å². The van der Waals surface area contributed by atoms with Gasteiger partial charge in [0.05, 0.1) is 12.1 Å². The van der Waals surface area contributed by atoms with Gasteiger partial charge >= 0.3 is 0 Å². The summed E-state index contributed by atoms with van der Waals surface area (Å²) in [7, 11) is 1.61. The molecule has 0 amide bonds. The van der Waals surface area contributed by atoms with E-state index in [1.165, 1.54) is 0 Å². The molecule has 0 aliphatic carbocycles. The van der Waals surface area contributed by atoms with Crippen LogP contribution >= 0.6 is 23.2 Å². The van der Waals surface area contributed by atoms with Crippen molar-refractivity contribution in [2.24, 2.45) is 0 Å². The first-order valence-electron chi connectivity index (χ1n) is 5.96. The third-order valence-corrected chi connectivity index (χ3v) is 3.29. The molecule has 0 heterocycles. The average Bonchev–Trinajstić information content (AvgIpc) is 2.39. The van der Waals surface area contributed by atoms with E-state index in [9.17, 15) is 0 Å². The highest BCUT2D eigenvalue weighted by Crippen LogP contribution is 2.24. The number of benzene rings is 2. The minimum absolute atomic E-state index is 0.629. The minimum Gasteiger partial charge on any atom is -0.495 e. The van der Waals surface area contributed by atoms with Crippen LogP contribution in [0.1, 0.15) is 11.1 Å². The smallest absolute Gasteiger partial charge is 0.137 e. The van der Waals surface area contributed by atoms with Crippen molar-refractivity contribution < 1.29 is 4.74 Å². The summed E-state index contributed by atoms with van der Waals surface area (Å²) in [5, 5.41) is 4.74. The quantitative estimate of drug-likeness (QED) is 0.888. The minimum atomic E-state index is 0.629. The van der Waals surface area contributed by atoms with E-state index < -0.39 is 0 Å². The maximum Gasteiger partial charge on any atom is 0.137 e. The highest BCUT2D eigenvalue weighted by Gasteiger charge is 2.01. The Labute approximate surface area is 123 Å². The molecule has 0 saturated carbocycles. The van der Waals surface area contributed by atoms with Crippen LogP contribution in [0.3, 0.4) is 0 Å². The zero-order valence-electron chi connectivity index (χ0n) is 10.6. The molecule has 100 valence electrons. The molecular weight excluding hydrogens is 281 g/mol. The Hall–Kier alpha value is -1.22. The van der Waals surface area contributed by atoms with Crippen molar-refractivity contribution in [1.82, 2.24) is 5.32 Å². The zero-order chi connectivity index (χ0) is 13.7. The predicted molar refractivity (Wildman–Crippen MR) is 80.0 cm³/mol. The largest absolute Gasteiger partial charge is 0.495 e. The molecule has 4 heteroatoms. The van der Waals surface area contributed by atoms with Crippen LogP contribution in [-0.4, -0.2) is 7.11 Å². The first-order valence-corrected chi connectivity index (χ1v) is 6.72. The number of rotatable bonds is 5. The van der Waals surface area contributed by atoms with Gasteiger partial charge in [-0.15, -0.1) is 0 Å². The van der Waals surface area contributed by atoms with E-state index in [1.54, 1.807) is 7.11 Å². The van der Waals surface area contributed by atoms with Crippen LogP contribution in [0.5, 0.6) is 5.75 Å². The standard InChI is InChI=1S/C15H15Cl2NO/c1-19-15-6-5-12(8-14(15)17)10-18-9-11-3-2-4-13(16)7-11/h2-8,18H,9-10H2,1H3. The molecule has 0 bridgehead atoms. The monoisotopic (exact) mass is 295 g/mol. The number of halogens is 2. The summed E-state index contributed by atoms with van der Waals surface area (Å²) in [6, 6.07) is 13.6. The fourth-order valence-corrected chi connectivity index (χ4v) is 2.31. The summed E-state index contributed by atoms with van der Waals surface area (Å²) < 4.78 is 5.12. The molecule has 19 heavy (non-hydrogen) atoms. The SMILES string of the molecule is COc1ccc(CNCc2cccc(Cl)c2)cc1Cl. The lowest BCUT2D eigenvalue weighted by Gasteiger charge is -2.08. The van der Waals surface area contributed by atoms with Gasteiger partial charge in [0.2, 0.25) is 0 Å². The van der Waals surface area contributed by atoms with Crippen LogP contribution in [0.4, 0.5) is 0 Å². The van der Waals surface area contributed by atoms with E-state index in [2.05, 4.69) is 5.32 Å². The Bertz CT molecular complexity index is 558. The third-order valence-electron chi connectivity index (χ3n) is 2.76. The highest BCUT2D eigenvalue weighted by molar-refractivity contribution is 6.32. The van der Waals surface area contributed by atoms with E-state index in [0.717, 1.165) is 29.2 Å². The fourth-order valence-electron chi connectivity index (χ4n) is 1.82. The second kappa shape index (κ2) is 6.80. The van der Waals surface area contributed by atoms with Gasteiger partial charge < -0.3 is 10.1 Å². The molecule has 0 aromatic heterocycles. The zero-order valence-corrected chi connectivity index (χ0v) is 12.1. The van der Waals surface area contributed by atoms with Crippen LogP contribution in [-0.2, 0) is 13.1 Å². The van der Waals surface area contributed by atoms with Gasteiger partial charge in [0.1, 0.15) is 5.75 Å². The number of hydrogen-bond acceptors (Lipinski definition) is 2. The Balaban J connectivity index is 1.90. The number of methoxy groups -OCH3 is 1. The second-order valence-corrected chi connectivity index (χ2v) is 5.05. The highest BCUT2D eigenvalue weighted by atomic mass is 35.5. The summed E-state index contributed by atoms with van der Waals surface area (Å²) in [6.45, 7) is 1.51. The Morgan fingerprint density at radius 2 is 1.74 bits per heavy atom. The Kier molecular flexibility index (Phi) is 5.08. The molecule has 2 nitrogen and oxygen atoms in total. The second-order valence-electron chi connectivity index (χ2n) is 4.20. The van der Waals surface area contributed by atoms with E-state index in [1.807, 2.05) is 42.5 Å². The average molecular weight is 296 g/mol. The molecule has 2 aromatic carbocycles. The molecule has 0 fully saturated rings. The summed E-state index contributed by atoms with van der Waals surface area (Å²) in [6.07, 6.45) is 0. The summed E-state index contributed by atoms with van der Waals surface area (Å²) >= 11 is 12.0. The maximum atomic E-state index is 6.08. The van der Waals surface area contributed by atoms with Gasteiger partial charge in [-0.2, -0.15) is 0 Å². The molecule has 0 radical (unpaired) electrons. The molecule has 2 rings (SSSR count). The molecule has 0 atom stereocenters. The number of nitrogens with one attached hydrogen (secondary N) is 1. The molecule has 0 aliphatic rings. The third kappa shape index (κ3) is 4.13. The normalized spacial score (nSPS) is 10.5. The molecule has 2 aromatic rings. The predicted octanol–water partition coefficient (Wildman–Crippen LogP) is 4.29. The van der Waals surface area contributed by atoms with E-state index in [-0.39, 0.29) is 0 Å². The molecule has 0 saturated heterocycles. The molecule has 1 N–H and O–H groups in total. The number of ether oxygens (including phenoxy) is 1. The summed E-state index contributed by atoms with van der Waals surface area (Å²) in [4.78, 5) is 0. The van der Waals surface area contributed by atoms with Crippen molar-refractivity contribution in [3.8, 4) is 5.75 Å². The van der Waals surface area contributed by atoms with Gasteiger partial charge in [-0.05, 0) is 35.4 Å².